The van der Waals surface area contributed by atoms with Crippen molar-refractivity contribution in [3.05, 3.63) is 66.0 Å². The van der Waals surface area contributed by atoms with Gasteiger partial charge in [-0.1, -0.05) is 0 Å². The quantitative estimate of drug-likeness (QED) is 0.453. The van der Waals surface area contributed by atoms with E-state index in [1.54, 1.807) is 36.1 Å². The number of rotatable bonds is 3. The molecule has 0 aliphatic heterocycles. The van der Waals surface area contributed by atoms with Crippen molar-refractivity contribution in [3.63, 3.8) is 0 Å². The Morgan fingerprint density at radius 2 is 1.83 bits per heavy atom. The molecule has 29 heavy (non-hydrogen) atoms. The number of fused-ring (bicyclic) bond motifs is 2. The Labute approximate surface area is 168 Å². The van der Waals surface area contributed by atoms with Crippen molar-refractivity contribution < 1.29 is 0 Å². The van der Waals surface area contributed by atoms with Gasteiger partial charge in [0.1, 0.15) is 11.2 Å². The highest BCUT2D eigenvalue weighted by Crippen LogP contribution is 2.32. The molecule has 0 saturated heterocycles. The van der Waals surface area contributed by atoms with Gasteiger partial charge in [0.05, 0.1) is 29.1 Å². The molecule has 7 nitrogen and oxygen atoms in total. The fourth-order valence-corrected chi connectivity index (χ4v) is 4.11. The van der Waals surface area contributed by atoms with Crippen LogP contribution in [-0.4, -0.2) is 35.1 Å². The number of hydrogen-bond donors (Lipinski definition) is 2. The van der Waals surface area contributed by atoms with E-state index < -0.39 is 0 Å². The van der Waals surface area contributed by atoms with E-state index >= 15 is 0 Å². The number of aromatic amines is 2. The minimum atomic E-state index is 0.697. The summed E-state index contributed by atoms with van der Waals surface area (Å²) in [5.41, 5.74) is 7.35. The predicted octanol–water partition coefficient (Wildman–Crippen LogP) is 4.69. The van der Waals surface area contributed by atoms with Crippen LogP contribution >= 0.6 is 11.3 Å². The van der Waals surface area contributed by atoms with Crippen LogP contribution in [0.25, 0.3) is 55.8 Å². The van der Waals surface area contributed by atoms with E-state index in [1.165, 1.54) is 0 Å². The van der Waals surface area contributed by atoms with Crippen molar-refractivity contribution in [2.24, 2.45) is 0 Å². The first-order valence-electron chi connectivity index (χ1n) is 8.98. The second-order valence-corrected chi connectivity index (χ2v) is 7.38. The van der Waals surface area contributed by atoms with Gasteiger partial charge in [-0.2, -0.15) is 16.4 Å². The third-order valence-corrected chi connectivity index (χ3v) is 5.56. The average molecular weight is 395 g/mol. The molecule has 0 amide bonds. The number of H-pyrrole nitrogens is 2. The molecule has 6 aromatic rings. The van der Waals surface area contributed by atoms with E-state index in [1.807, 2.05) is 24.4 Å². The lowest BCUT2D eigenvalue weighted by molar-refractivity contribution is 1.10. The predicted molar refractivity (Wildman–Crippen MR) is 113 cm³/mol. The summed E-state index contributed by atoms with van der Waals surface area (Å²) in [7, 11) is 0. The van der Waals surface area contributed by atoms with Crippen molar-refractivity contribution in [1.82, 2.24) is 35.1 Å². The molecule has 0 radical (unpaired) electrons. The minimum Gasteiger partial charge on any atom is -0.335 e. The van der Waals surface area contributed by atoms with Crippen LogP contribution in [0, 0.1) is 0 Å². The van der Waals surface area contributed by atoms with E-state index in [4.69, 9.17) is 4.98 Å². The third-order valence-electron chi connectivity index (χ3n) is 4.87. The number of nitrogens with one attached hydrogen (secondary N) is 2. The lowest BCUT2D eigenvalue weighted by atomic mass is 10.1. The summed E-state index contributed by atoms with van der Waals surface area (Å²) >= 11 is 1.65. The number of aromatic nitrogens is 7. The average Bonchev–Trinajstić information content (AvgIpc) is 3.52. The van der Waals surface area contributed by atoms with E-state index in [0.717, 1.165) is 50.0 Å². The van der Waals surface area contributed by atoms with Crippen molar-refractivity contribution in [2.75, 3.05) is 0 Å². The third kappa shape index (κ3) is 2.61. The molecular formula is C21H13N7S. The van der Waals surface area contributed by atoms with E-state index in [-0.39, 0.29) is 0 Å². The SMILES string of the molecule is c1cc(-c2cc3c(-c4nc5c(-c6ccsc6)cncc5[nH]4)n[nH]c3cn2)ccn1. The van der Waals surface area contributed by atoms with Crippen LogP contribution in [0.3, 0.4) is 0 Å². The fourth-order valence-electron chi connectivity index (χ4n) is 3.45. The zero-order chi connectivity index (χ0) is 19.2. The highest BCUT2D eigenvalue weighted by Gasteiger charge is 2.16. The second kappa shape index (κ2) is 6.32. The lowest BCUT2D eigenvalue weighted by Gasteiger charge is -2.00. The monoisotopic (exact) mass is 395 g/mol. The van der Waals surface area contributed by atoms with Gasteiger partial charge in [0.15, 0.2) is 5.82 Å². The van der Waals surface area contributed by atoms with Crippen LogP contribution in [-0.2, 0) is 0 Å². The maximum atomic E-state index is 4.86. The van der Waals surface area contributed by atoms with E-state index in [0.29, 0.717) is 5.82 Å². The van der Waals surface area contributed by atoms with Gasteiger partial charge in [-0.05, 0) is 40.6 Å². The molecule has 0 aliphatic carbocycles. The number of thiophene rings is 1. The van der Waals surface area contributed by atoms with E-state index in [2.05, 4.69) is 47.0 Å². The molecular weight excluding hydrogens is 382 g/mol. The Morgan fingerprint density at radius 1 is 0.897 bits per heavy atom. The van der Waals surface area contributed by atoms with Gasteiger partial charge in [-0.25, -0.2) is 4.98 Å². The van der Waals surface area contributed by atoms with Crippen molar-refractivity contribution in [2.45, 2.75) is 0 Å². The normalized spacial score (nSPS) is 11.4. The largest absolute Gasteiger partial charge is 0.335 e. The minimum absolute atomic E-state index is 0.697. The first-order chi connectivity index (χ1) is 14.4. The summed E-state index contributed by atoms with van der Waals surface area (Å²) in [6.45, 7) is 0. The molecule has 8 heteroatoms. The Bertz CT molecular complexity index is 1450. The van der Waals surface area contributed by atoms with Crippen molar-refractivity contribution in [3.8, 4) is 33.9 Å². The summed E-state index contributed by atoms with van der Waals surface area (Å²) in [6, 6.07) is 7.97. The maximum Gasteiger partial charge on any atom is 0.159 e. The number of imidazole rings is 1. The van der Waals surface area contributed by atoms with Crippen LogP contribution in [0.15, 0.2) is 66.0 Å². The van der Waals surface area contributed by atoms with Crippen molar-refractivity contribution >= 4 is 33.3 Å². The fraction of sp³-hybridized carbons (Fsp3) is 0. The summed E-state index contributed by atoms with van der Waals surface area (Å²) in [6.07, 6.45) is 8.96. The van der Waals surface area contributed by atoms with Crippen LogP contribution in [0.2, 0.25) is 0 Å². The number of nitrogens with zero attached hydrogens (tertiary/aromatic N) is 5. The van der Waals surface area contributed by atoms with Gasteiger partial charge in [0.25, 0.3) is 0 Å². The molecule has 0 aromatic carbocycles. The highest BCUT2D eigenvalue weighted by molar-refractivity contribution is 7.08. The lowest BCUT2D eigenvalue weighted by Crippen LogP contribution is -1.85. The zero-order valence-corrected chi connectivity index (χ0v) is 15.8. The number of pyridine rings is 3. The molecule has 6 aromatic heterocycles. The Morgan fingerprint density at radius 3 is 2.69 bits per heavy atom. The Balaban J connectivity index is 1.53. The highest BCUT2D eigenvalue weighted by atomic mass is 32.1. The Hall–Kier alpha value is -3.91. The van der Waals surface area contributed by atoms with Crippen LogP contribution in [0.5, 0.6) is 0 Å². The molecule has 6 heterocycles. The zero-order valence-electron chi connectivity index (χ0n) is 15.0. The second-order valence-electron chi connectivity index (χ2n) is 6.60. The molecule has 0 fully saturated rings. The molecule has 6 rings (SSSR count). The molecule has 0 saturated carbocycles. The van der Waals surface area contributed by atoms with Gasteiger partial charge < -0.3 is 4.98 Å². The van der Waals surface area contributed by atoms with Gasteiger partial charge in [-0.15, -0.1) is 0 Å². The molecule has 0 unspecified atom stereocenters. The molecule has 0 spiro atoms. The van der Waals surface area contributed by atoms with E-state index in [9.17, 15) is 0 Å². The van der Waals surface area contributed by atoms with Gasteiger partial charge in [-0.3, -0.25) is 20.1 Å². The first kappa shape index (κ1) is 16.1. The standard InChI is InChI=1S/C21H13N7S/c1-4-22-5-2-12(1)16-7-14-17(10-24-16)27-28-20(14)21-25-18-9-23-8-15(19(18)26-21)13-3-6-29-11-13/h1-11H,(H,25,26)(H,27,28). The molecule has 0 aliphatic rings. The smallest absolute Gasteiger partial charge is 0.159 e. The summed E-state index contributed by atoms with van der Waals surface area (Å²) < 4.78 is 0. The summed E-state index contributed by atoms with van der Waals surface area (Å²) in [5.74, 6) is 0.697. The summed E-state index contributed by atoms with van der Waals surface area (Å²) in [5, 5.41) is 12.7. The van der Waals surface area contributed by atoms with Crippen LogP contribution < -0.4 is 0 Å². The van der Waals surface area contributed by atoms with Gasteiger partial charge in [0.2, 0.25) is 0 Å². The molecule has 2 N–H and O–H groups in total. The summed E-state index contributed by atoms with van der Waals surface area (Å²) in [4.78, 5) is 21.2. The van der Waals surface area contributed by atoms with Gasteiger partial charge in [0, 0.05) is 35.1 Å². The van der Waals surface area contributed by atoms with Crippen LogP contribution in [0.1, 0.15) is 0 Å². The van der Waals surface area contributed by atoms with Crippen molar-refractivity contribution in [1.29, 1.82) is 0 Å². The Kier molecular flexibility index (Phi) is 3.50. The first-order valence-corrected chi connectivity index (χ1v) is 9.92. The number of hydrogen-bond acceptors (Lipinski definition) is 6. The molecule has 138 valence electrons. The molecule has 0 bridgehead atoms. The van der Waals surface area contributed by atoms with Crippen LogP contribution in [0.4, 0.5) is 0 Å². The van der Waals surface area contributed by atoms with Gasteiger partial charge >= 0.3 is 0 Å². The molecule has 0 atom stereocenters. The maximum absolute atomic E-state index is 4.86. The topological polar surface area (TPSA) is 96.0 Å².